The Hall–Kier alpha value is -1.86. The number of amides is 2. The molecule has 5 N–H and O–H groups in total. The molecule has 0 radical (unpaired) electrons. The number of nitrogen functional groups attached to an aromatic ring is 1. The van der Waals surface area contributed by atoms with Gasteiger partial charge in [-0.05, 0) is 24.6 Å². The van der Waals surface area contributed by atoms with Crippen molar-refractivity contribution in [2.45, 2.75) is 26.2 Å². The van der Waals surface area contributed by atoms with E-state index in [0.29, 0.717) is 15.8 Å². The summed E-state index contributed by atoms with van der Waals surface area (Å²) in [5.41, 5.74) is 10.9. The number of benzene rings is 1. The van der Waals surface area contributed by atoms with Crippen LogP contribution >= 0.6 is 22.9 Å². The standard InChI is InChI=1S/C7H7ClN2O.C6H11N3S/c8-5-2-1-3-6(4-5)10-7(9)11;1-2-3-4-5-8-9-6(7)10-5/h1-4H,(H3,9,10,11);2-4H2,1H3,(H2,7,9). The second-order valence-corrected chi connectivity index (χ2v) is 5.67. The highest BCUT2D eigenvalue weighted by Gasteiger charge is 1.98. The summed E-state index contributed by atoms with van der Waals surface area (Å²) in [5.74, 6) is 0. The molecule has 21 heavy (non-hydrogen) atoms. The molecule has 0 aliphatic rings. The Morgan fingerprint density at radius 3 is 2.71 bits per heavy atom. The molecule has 114 valence electrons. The van der Waals surface area contributed by atoms with E-state index in [1.807, 2.05) is 0 Å². The minimum Gasteiger partial charge on any atom is -0.374 e. The lowest BCUT2D eigenvalue weighted by atomic mass is 10.3. The summed E-state index contributed by atoms with van der Waals surface area (Å²) in [6, 6.07) is 6.18. The third-order valence-corrected chi connectivity index (χ3v) is 3.37. The van der Waals surface area contributed by atoms with E-state index in [1.165, 1.54) is 24.2 Å². The van der Waals surface area contributed by atoms with Crippen molar-refractivity contribution in [3.8, 4) is 0 Å². The Labute approximate surface area is 132 Å². The Balaban J connectivity index is 0.000000211. The number of urea groups is 1. The van der Waals surface area contributed by atoms with Crippen LogP contribution in [0.25, 0.3) is 0 Å². The van der Waals surface area contributed by atoms with Gasteiger partial charge in [0.25, 0.3) is 0 Å². The van der Waals surface area contributed by atoms with E-state index in [2.05, 4.69) is 22.4 Å². The zero-order chi connectivity index (χ0) is 15.7. The lowest BCUT2D eigenvalue weighted by molar-refractivity contribution is 0.259. The van der Waals surface area contributed by atoms with Crippen LogP contribution in [0.4, 0.5) is 15.6 Å². The molecule has 0 unspecified atom stereocenters. The molecule has 2 rings (SSSR count). The summed E-state index contributed by atoms with van der Waals surface area (Å²) in [7, 11) is 0. The second kappa shape index (κ2) is 9.15. The van der Waals surface area contributed by atoms with Crippen LogP contribution in [0, 0.1) is 0 Å². The van der Waals surface area contributed by atoms with E-state index in [0.717, 1.165) is 11.4 Å². The molecule has 0 spiro atoms. The van der Waals surface area contributed by atoms with Crippen LogP contribution in [0.5, 0.6) is 0 Å². The number of rotatable bonds is 4. The van der Waals surface area contributed by atoms with Crippen molar-refractivity contribution in [1.29, 1.82) is 0 Å². The first-order valence-corrected chi connectivity index (χ1v) is 7.60. The molecular formula is C13H18ClN5OS. The van der Waals surface area contributed by atoms with E-state index in [-0.39, 0.29) is 0 Å². The van der Waals surface area contributed by atoms with Gasteiger partial charge in [-0.25, -0.2) is 4.79 Å². The summed E-state index contributed by atoms with van der Waals surface area (Å²) in [5, 5.41) is 12.2. The van der Waals surface area contributed by atoms with Gasteiger partial charge < -0.3 is 16.8 Å². The zero-order valence-electron chi connectivity index (χ0n) is 11.7. The van der Waals surface area contributed by atoms with Crippen LogP contribution in [0.1, 0.15) is 24.8 Å². The maximum absolute atomic E-state index is 10.3. The van der Waals surface area contributed by atoms with Crippen molar-refractivity contribution < 1.29 is 4.79 Å². The SMILES string of the molecule is CCCCc1nnc(N)s1.NC(=O)Nc1cccc(Cl)c1. The van der Waals surface area contributed by atoms with Gasteiger partial charge in [0.2, 0.25) is 5.13 Å². The highest BCUT2D eigenvalue weighted by molar-refractivity contribution is 7.15. The predicted octanol–water partition coefficient (Wildman–Crippen LogP) is 3.29. The summed E-state index contributed by atoms with van der Waals surface area (Å²) < 4.78 is 0. The lowest BCUT2D eigenvalue weighted by Crippen LogP contribution is -2.19. The molecular weight excluding hydrogens is 310 g/mol. The number of primary amides is 1. The quantitative estimate of drug-likeness (QED) is 0.800. The Kier molecular flexibility index (Phi) is 7.49. The van der Waals surface area contributed by atoms with Crippen molar-refractivity contribution in [2.75, 3.05) is 11.1 Å². The van der Waals surface area contributed by atoms with Gasteiger partial charge in [-0.15, -0.1) is 10.2 Å². The number of halogens is 1. The number of aryl methyl sites for hydroxylation is 1. The summed E-state index contributed by atoms with van der Waals surface area (Å²) >= 11 is 7.12. The number of hydrogen-bond acceptors (Lipinski definition) is 5. The number of nitrogens with zero attached hydrogens (tertiary/aromatic N) is 2. The number of nitrogens with two attached hydrogens (primary N) is 2. The lowest BCUT2D eigenvalue weighted by Gasteiger charge is -1.99. The van der Waals surface area contributed by atoms with Gasteiger partial charge in [-0.1, -0.05) is 42.3 Å². The summed E-state index contributed by atoms with van der Waals surface area (Å²) in [6.07, 6.45) is 3.39. The molecule has 0 atom stereocenters. The fourth-order valence-electron chi connectivity index (χ4n) is 1.40. The van der Waals surface area contributed by atoms with E-state index in [9.17, 15) is 4.79 Å². The van der Waals surface area contributed by atoms with Gasteiger partial charge in [-0.3, -0.25) is 0 Å². The molecule has 1 aromatic heterocycles. The van der Waals surface area contributed by atoms with Gasteiger partial charge >= 0.3 is 6.03 Å². The Morgan fingerprint density at radius 1 is 1.43 bits per heavy atom. The largest absolute Gasteiger partial charge is 0.374 e. The highest BCUT2D eigenvalue weighted by Crippen LogP contribution is 2.14. The maximum atomic E-state index is 10.3. The molecule has 0 aliphatic heterocycles. The monoisotopic (exact) mass is 327 g/mol. The third-order valence-electron chi connectivity index (χ3n) is 2.32. The zero-order valence-corrected chi connectivity index (χ0v) is 13.2. The van der Waals surface area contributed by atoms with Crippen molar-refractivity contribution in [2.24, 2.45) is 5.73 Å². The second-order valence-electron chi connectivity index (χ2n) is 4.14. The third kappa shape index (κ3) is 7.48. The molecule has 0 bridgehead atoms. The van der Waals surface area contributed by atoms with Gasteiger partial charge in [0, 0.05) is 17.1 Å². The van der Waals surface area contributed by atoms with Crippen LogP contribution in [0.15, 0.2) is 24.3 Å². The van der Waals surface area contributed by atoms with Crippen LogP contribution in [-0.4, -0.2) is 16.2 Å². The summed E-state index contributed by atoms with van der Waals surface area (Å²) in [6.45, 7) is 2.16. The number of nitrogens with one attached hydrogen (secondary N) is 1. The Bertz CT molecular complexity index is 575. The molecule has 0 saturated carbocycles. The summed E-state index contributed by atoms with van der Waals surface area (Å²) in [4.78, 5) is 10.3. The van der Waals surface area contributed by atoms with Crippen molar-refractivity contribution >= 4 is 39.8 Å². The highest BCUT2D eigenvalue weighted by atomic mass is 35.5. The normalized spacial score (nSPS) is 9.62. The smallest absolute Gasteiger partial charge is 0.316 e. The first-order valence-electron chi connectivity index (χ1n) is 6.41. The first-order chi connectivity index (χ1) is 10.0. The van der Waals surface area contributed by atoms with Gasteiger partial charge in [0.15, 0.2) is 0 Å². The molecule has 1 aromatic carbocycles. The molecule has 6 nitrogen and oxygen atoms in total. The van der Waals surface area contributed by atoms with Crippen LogP contribution < -0.4 is 16.8 Å². The molecule has 2 aromatic rings. The van der Waals surface area contributed by atoms with E-state index in [1.54, 1.807) is 24.3 Å². The van der Waals surface area contributed by atoms with Crippen molar-refractivity contribution in [3.05, 3.63) is 34.3 Å². The number of carbonyl (C=O) groups excluding carboxylic acids is 1. The minimum absolute atomic E-state index is 0.566. The number of carbonyl (C=O) groups is 1. The van der Waals surface area contributed by atoms with Crippen LogP contribution in [0.3, 0.4) is 0 Å². The molecule has 1 heterocycles. The van der Waals surface area contributed by atoms with E-state index < -0.39 is 6.03 Å². The van der Waals surface area contributed by atoms with Crippen molar-refractivity contribution in [3.63, 3.8) is 0 Å². The molecule has 0 fully saturated rings. The average molecular weight is 328 g/mol. The first kappa shape index (κ1) is 17.2. The van der Waals surface area contributed by atoms with Gasteiger partial charge in [-0.2, -0.15) is 0 Å². The fourth-order valence-corrected chi connectivity index (χ4v) is 2.25. The maximum Gasteiger partial charge on any atom is 0.316 e. The van der Waals surface area contributed by atoms with Gasteiger partial charge in [0.1, 0.15) is 5.01 Å². The van der Waals surface area contributed by atoms with Crippen LogP contribution in [-0.2, 0) is 6.42 Å². The van der Waals surface area contributed by atoms with Crippen molar-refractivity contribution in [1.82, 2.24) is 10.2 Å². The number of anilines is 2. The van der Waals surface area contributed by atoms with E-state index >= 15 is 0 Å². The predicted molar refractivity (Wildman–Crippen MR) is 87.6 cm³/mol. The molecule has 0 saturated heterocycles. The fraction of sp³-hybridized carbons (Fsp3) is 0.308. The molecule has 0 aliphatic carbocycles. The number of aromatic nitrogens is 2. The molecule has 2 amide bonds. The topological polar surface area (TPSA) is 107 Å². The van der Waals surface area contributed by atoms with Crippen LogP contribution in [0.2, 0.25) is 5.02 Å². The Morgan fingerprint density at radius 2 is 2.19 bits per heavy atom. The number of hydrogen-bond donors (Lipinski definition) is 3. The molecule has 8 heteroatoms. The van der Waals surface area contributed by atoms with Gasteiger partial charge in [0.05, 0.1) is 0 Å². The van der Waals surface area contributed by atoms with E-state index in [4.69, 9.17) is 23.1 Å². The average Bonchev–Trinajstić information content (AvgIpc) is 2.82. The minimum atomic E-state index is -0.590. The number of unbranched alkanes of at least 4 members (excludes halogenated alkanes) is 1.